The number of nitrogens with one attached hydrogen (secondary N) is 2. The van der Waals surface area contributed by atoms with Gasteiger partial charge in [0.2, 0.25) is 0 Å². The molecule has 0 aliphatic rings. The molecule has 0 saturated carbocycles. The molecule has 1 aromatic heterocycles. The van der Waals surface area contributed by atoms with Crippen LogP contribution in [0, 0.1) is 24.0 Å². The van der Waals surface area contributed by atoms with Crippen LogP contribution in [0.5, 0.6) is 0 Å². The molecule has 1 heterocycles. The van der Waals surface area contributed by atoms with Crippen molar-refractivity contribution in [3.05, 3.63) is 81.2 Å². The number of hydrogen-bond donors (Lipinski definition) is 2. The van der Waals surface area contributed by atoms with E-state index < -0.39 is 10.8 Å². The second-order valence-corrected chi connectivity index (χ2v) is 7.41. The Morgan fingerprint density at radius 3 is 2.09 bits per heavy atom. The van der Waals surface area contributed by atoms with Gasteiger partial charge in [-0.25, -0.2) is 0 Å². The van der Waals surface area contributed by atoms with E-state index in [0.717, 1.165) is 30.8 Å². The third-order valence-electron chi connectivity index (χ3n) is 5.09. The fourth-order valence-corrected chi connectivity index (χ4v) is 3.23. The molecule has 3 rings (SSSR count). The molecule has 9 heteroatoms. The lowest BCUT2D eigenvalue weighted by Gasteiger charge is -2.09. The number of anilines is 2. The van der Waals surface area contributed by atoms with Crippen molar-refractivity contribution in [1.29, 1.82) is 0 Å². The number of rotatable bonds is 8. The molecular formula is C23H25N5O4. The lowest BCUT2D eigenvalue weighted by Crippen LogP contribution is -2.14. The van der Waals surface area contributed by atoms with Gasteiger partial charge in [-0.2, -0.15) is 5.10 Å². The minimum absolute atomic E-state index is 0.0849. The molecule has 0 fully saturated rings. The fourth-order valence-electron chi connectivity index (χ4n) is 3.23. The molecule has 0 aliphatic carbocycles. The number of nitro groups is 1. The van der Waals surface area contributed by atoms with Crippen molar-refractivity contribution < 1.29 is 14.5 Å². The van der Waals surface area contributed by atoms with E-state index in [1.54, 1.807) is 24.3 Å². The predicted octanol–water partition coefficient (Wildman–Crippen LogP) is 4.71. The standard InChI is InChI=1S/C23H25N5O4/c1-4-5-14-27-16(3)21(15(2)26-27)25-23(30)17-6-10-19(11-7-17)24-22(29)18-8-12-20(13-9-18)28(31)32/h6-13H,4-5,14H2,1-3H3,(H,24,29)(H,25,30). The summed E-state index contributed by atoms with van der Waals surface area (Å²) in [7, 11) is 0. The number of nitrogens with zero attached hydrogens (tertiary/aromatic N) is 3. The van der Waals surface area contributed by atoms with Gasteiger partial charge in [-0.3, -0.25) is 24.4 Å². The van der Waals surface area contributed by atoms with Crippen LogP contribution in [0.3, 0.4) is 0 Å². The maximum atomic E-state index is 12.7. The molecule has 9 nitrogen and oxygen atoms in total. The van der Waals surface area contributed by atoms with Crippen LogP contribution < -0.4 is 10.6 Å². The number of benzene rings is 2. The van der Waals surface area contributed by atoms with Crippen molar-refractivity contribution in [3.8, 4) is 0 Å². The number of unbranched alkanes of at least 4 members (excludes halogenated alkanes) is 1. The first-order valence-electron chi connectivity index (χ1n) is 10.3. The van der Waals surface area contributed by atoms with Crippen LogP contribution in [0.2, 0.25) is 0 Å². The quantitative estimate of drug-likeness (QED) is 0.392. The first kappa shape index (κ1) is 22.7. The Bertz CT molecular complexity index is 1130. The third-order valence-corrected chi connectivity index (χ3v) is 5.09. The number of aromatic nitrogens is 2. The monoisotopic (exact) mass is 435 g/mol. The second-order valence-electron chi connectivity index (χ2n) is 7.41. The van der Waals surface area contributed by atoms with Gasteiger partial charge in [0.05, 0.1) is 22.0 Å². The van der Waals surface area contributed by atoms with Crippen LogP contribution in [0.4, 0.5) is 17.1 Å². The zero-order valence-electron chi connectivity index (χ0n) is 18.2. The molecule has 2 aromatic carbocycles. The summed E-state index contributed by atoms with van der Waals surface area (Å²) in [5.41, 5.74) is 3.54. The first-order valence-corrected chi connectivity index (χ1v) is 10.3. The summed E-state index contributed by atoms with van der Waals surface area (Å²) in [6, 6.07) is 11.8. The van der Waals surface area contributed by atoms with E-state index in [-0.39, 0.29) is 11.6 Å². The lowest BCUT2D eigenvalue weighted by atomic mass is 10.1. The summed E-state index contributed by atoms with van der Waals surface area (Å²) in [4.78, 5) is 35.2. The Morgan fingerprint density at radius 1 is 0.969 bits per heavy atom. The molecule has 0 aliphatic heterocycles. The smallest absolute Gasteiger partial charge is 0.269 e. The minimum atomic E-state index is -0.523. The second kappa shape index (κ2) is 9.86. The molecule has 3 aromatic rings. The average molecular weight is 435 g/mol. The van der Waals surface area contributed by atoms with E-state index in [1.165, 1.54) is 24.3 Å². The molecule has 0 atom stereocenters. The number of non-ortho nitro benzene ring substituents is 1. The number of carbonyl (C=O) groups is 2. The zero-order chi connectivity index (χ0) is 23.3. The van der Waals surface area contributed by atoms with Gasteiger partial charge in [0.25, 0.3) is 17.5 Å². The van der Waals surface area contributed by atoms with Crippen LogP contribution in [0.25, 0.3) is 0 Å². The Balaban J connectivity index is 1.65. The van der Waals surface area contributed by atoms with E-state index in [1.807, 2.05) is 18.5 Å². The third kappa shape index (κ3) is 5.18. The minimum Gasteiger partial charge on any atom is -0.322 e. The van der Waals surface area contributed by atoms with Crippen molar-refractivity contribution in [2.45, 2.75) is 40.2 Å². The van der Waals surface area contributed by atoms with E-state index in [9.17, 15) is 19.7 Å². The summed E-state index contributed by atoms with van der Waals surface area (Å²) < 4.78 is 1.91. The summed E-state index contributed by atoms with van der Waals surface area (Å²) in [6.45, 7) is 6.72. The van der Waals surface area contributed by atoms with Gasteiger partial charge >= 0.3 is 0 Å². The van der Waals surface area contributed by atoms with Gasteiger partial charge in [0.15, 0.2) is 0 Å². The maximum Gasteiger partial charge on any atom is 0.269 e. The van der Waals surface area contributed by atoms with E-state index >= 15 is 0 Å². The summed E-state index contributed by atoms with van der Waals surface area (Å²) in [5.74, 6) is -0.665. The topological polar surface area (TPSA) is 119 Å². The lowest BCUT2D eigenvalue weighted by molar-refractivity contribution is -0.384. The van der Waals surface area contributed by atoms with Gasteiger partial charge in [-0.15, -0.1) is 0 Å². The molecule has 32 heavy (non-hydrogen) atoms. The normalized spacial score (nSPS) is 10.6. The Hall–Kier alpha value is -4.01. The molecule has 2 N–H and O–H groups in total. The SMILES string of the molecule is CCCCn1nc(C)c(NC(=O)c2ccc(NC(=O)c3ccc([N+](=O)[O-])cc3)cc2)c1C. The maximum absolute atomic E-state index is 12.7. The first-order chi connectivity index (χ1) is 15.3. The molecule has 2 amide bonds. The summed E-state index contributed by atoms with van der Waals surface area (Å²) in [6.07, 6.45) is 2.08. The highest BCUT2D eigenvalue weighted by molar-refractivity contribution is 6.06. The Morgan fingerprint density at radius 2 is 1.53 bits per heavy atom. The van der Waals surface area contributed by atoms with E-state index in [0.29, 0.717) is 22.5 Å². The molecule has 0 spiro atoms. The number of hydrogen-bond acceptors (Lipinski definition) is 5. The van der Waals surface area contributed by atoms with Crippen molar-refractivity contribution in [2.75, 3.05) is 10.6 Å². The molecular weight excluding hydrogens is 410 g/mol. The van der Waals surface area contributed by atoms with Gasteiger partial charge in [0, 0.05) is 35.5 Å². The van der Waals surface area contributed by atoms with Crippen molar-refractivity contribution in [1.82, 2.24) is 9.78 Å². The molecule has 0 radical (unpaired) electrons. The Kier molecular flexibility index (Phi) is 6.99. The number of amides is 2. The highest BCUT2D eigenvalue weighted by Gasteiger charge is 2.15. The van der Waals surface area contributed by atoms with Crippen LogP contribution in [-0.2, 0) is 6.54 Å². The fraction of sp³-hybridized carbons (Fsp3) is 0.261. The summed E-state index contributed by atoms with van der Waals surface area (Å²) >= 11 is 0. The average Bonchev–Trinajstić information content (AvgIpc) is 3.05. The van der Waals surface area contributed by atoms with E-state index in [4.69, 9.17) is 0 Å². The number of carbonyl (C=O) groups excluding carboxylic acids is 2. The zero-order valence-corrected chi connectivity index (χ0v) is 18.2. The predicted molar refractivity (Wildman–Crippen MR) is 122 cm³/mol. The largest absolute Gasteiger partial charge is 0.322 e. The summed E-state index contributed by atoms with van der Waals surface area (Å²) in [5, 5.41) is 20.9. The van der Waals surface area contributed by atoms with Crippen LogP contribution in [0.15, 0.2) is 48.5 Å². The van der Waals surface area contributed by atoms with Gasteiger partial charge in [-0.1, -0.05) is 13.3 Å². The molecule has 0 unspecified atom stereocenters. The number of nitro benzene ring substituents is 1. The Labute approximate surface area is 185 Å². The van der Waals surface area contributed by atoms with Crippen molar-refractivity contribution >= 4 is 28.9 Å². The van der Waals surface area contributed by atoms with Gasteiger partial charge in [0.1, 0.15) is 0 Å². The van der Waals surface area contributed by atoms with Gasteiger partial charge in [-0.05, 0) is 56.7 Å². The molecule has 166 valence electrons. The highest BCUT2D eigenvalue weighted by atomic mass is 16.6. The van der Waals surface area contributed by atoms with Crippen molar-refractivity contribution in [3.63, 3.8) is 0 Å². The molecule has 0 bridgehead atoms. The van der Waals surface area contributed by atoms with Crippen LogP contribution >= 0.6 is 0 Å². The van der Waals surface area contributed by atoms with Crippen LogP contribution in [0.1, 0.15) is 51.9 Å². The van der Waals surface area contributed by atoms with Gasteiger partial charge < -0.3 is 10.6 Å². The molecule has 0 saturated heterocycles. The number of aryl methyl sites for hydroxylation is 2. The van der Waals surface area contributed by atoms with Crippen LogP contribution in [-0.4, -0.2) is 26.5 Å². The highest BCUT2D eigenvalue weighted by Crippen LogP contribution is 2.21. The van der Waals surface area contributed by atoms with E-state index in [2.05, 4.69) is 22.7 Å². The van der Waals surface area contributed by atoms with Crippen molar-refractivity contribution in [2.24, 2.45) is 0 Å².